The Hall–Kier alpha value is -19.3. The Kier molecular flexibility index (Phi) is 26.3. The summed E-state index contributed by atoms with van der Waals surface area (Å²) in [5.41, 5.74) is 47.2. The van der Waals surface area contributed by atoms with E-state index in [0.717, 1.165) is 135 Å². The van der Waals surface area contributed by atoms with Gasteiger partial charge < -0.3 is 19.6 Å². The summed E-state index contributed by atoms with van der Waals surface area (Å²) in [5, 5.41) is 0. The molecular formula is C140H104N8. The van der Waals surface area contributed by atoms with E-state index >= 15 is 0 Å². The predicted molar refractivity (Wildman–Crippen MR) is 622 cm³/mol. The van der Waals surface area contributed by atoms with Gasteiger partial charge in [0.1, 0.15) is 0 Å². The number of para-hydroxylation sites is 4. The Bertz CT molecular complexity index is 7810. The minimum Gasteiger partial charge on any atom is -0.311 e. The Morgan fingerprint density at radius 1 is 0.101 bits per heavy atom. The van der Waals surface area contributed by atoms with E-state index in [4.69, 9.17) is 19.9 Å². The number of aromatic nitrogens is 4. The molecule has 0 aliphatic carbocycles. The van der Waals surface area contributed by atoms with Gasteiger partial charge in [0.15, 0.2) is 0 Å². The number of hydrogen-bond donors (Lipinski definition) is 0. The zero-order chi connectivity index (χ0) is 99.6. The molecule has 8 nitrogen and oxygen atoms in total. The van der Waals surface area contributed by atoms with E-state index in [1.807, 2.05) is 48.5 Å². The Labute approximate surface area is 865 Å². The van der Waals surface area contributed by atoms with Crippen molar-refractivity contribution >= 4 is 90.3 Å². The van der Waals surface area contributed by atoms with Crippen molar-refractivity contribution in [2.75, 3.05) is 19.6 Å². The van der Waals surface area contributed by atoms with Gasteiger partial charge in [0.2, 0.25) is 0 Å². The highest BCUT2D eigenvalue weighted by Gasteiger charge is 2.24. The zero-order valence-corrected chi connectivity index (χ0v) is 82.7. The van der Waals surface area contributed by atoms with Crippen molar-refractivity contribution in [2.45, 2.75) is 27.7 Å². The third-order valence-corrected chi connectivity index (χ3v) is 27.7. The molecule has 0 bridgehead atoms. The van der Waals surface area contributed by atoms with Crippen molar-refractivity contribution in [3.05, 3.63) is 580 Å². The molecule has 2 heterocycles. The van der Waals surface area contributed by atoms with Crippen molar-refractivity contribution in [1.82, 2.24) is 19.9 Å². The Balaban J connectivity index is 0.000000163. The van der Waals surface area contributed by atoms with E-state index in [1.165, 1.54) is 111 Å². The van der Waals surface area contributed by atoms with E-state index in [2.05, 4.69) is 557 Å². The number of hydrogen-bond acceptors (Lipinski definition) is 8. The summed E-state index contributed by atoms with van der Waals surface area (Å²) in [6.07, 6.45) is 0. The highest BCUT2D eigenvalue weighted by Crippen LogP contribution is 2.47. The van der Waals surface area contributed by atoms with Gasteiger partial charge in [-0.25, -0.2) is 19.9 Å². The van der Waals surface area contributed by atoms with Crippen molar-refractivity contribution in [3.63, 3.8) is 0 Å². The molecule has 0 N–H and O–H groups in total. The first-order valence-corrected chi connectivity index (χ1v) is 50.4. The SMILES string of the molecule is Cc1ccc(-c2ccc(N(c3ccc(-c4ccc(C)cc4)cc3)c3ccc(-c4nc5ccccc5nc4-c4ccc(N(c5ccc(-c6ccc(C)cc6)cc5)c5ccc(-c6ccc(C)cc6)cc5)cc4)cc3)cc2)cc1.c1ccc(-c2ccc(N(c3ccc(-c4ccccc4)cc3)c3ccc(-c4nc5ccccc5nc4-c4ccc(N(c5ccc(-c6ccccc6)cc5)c5ccc(-c6ccccc6)cc5)cc4)cc3)cc2)cc1. The molecule has 0 amide bonds. The molecule has 2 aromatic heterocycles. The summed E-state index contributed by atoms with van der Waals surface area (Å²) in [6.45, 7) is 8.50. The van der Waals surface area contributed by atoms with Crippen LogP contribution < -0.4 is 19.6 Å². The molecule has 0 saturated carbocycles. The number of aryl methyl sites for hydroxylation is 4. The number of nitrogens with zero attached hydrogens (tertiary/aromatic N) is 8. The molecule has 0 aliphatic heterocycles. The standard InChI is InChI=1S/C72H56N4.C68H48N4/c1-49-9-17-53(18-10-49)57-25-37-63(38-26-57)75(64-39-27-58(28-40-64)54-19-11-50(2)12-20-54)67-45-33-61(34-46-67)71-72(74-70-8-6-5-7-69(70)73-71)62-35-47-68(48-36-62)76(65-41-29-59(30-42-65)55-21-13-51(3)14-22-55)66-43-31-60(32-44-66)56-23-15-52(4)16-24-56;1-5-15-49(16-6-1)53-25-37-59(38-26-53)71(60-39-27-54(28-40-60)50-17-7-2-8-18-50)63-45-33-57(34-46-63)67-68(70-66-24-14-13-23-65(66)69-67)58-35-47-64(48-36-58)72(61-41-29-55(30-42-61)51-19-9-3-10-20-51)62-43-31-56(32-44-62)52-21-11-4-12-22-52/h5-48H,1-4H3;1-48H. The fraction of sp³-hybridized carbons (Fsp3) is 0.0286. The fourth-order valence-corrected chi connectivity index (χ4v) is 19.6. The summed E-state index contributed by atoms with van der Waals surface area (Å²) in [5.74, 6) is 0. The minimum atomic E-state index is 0.823. The largest absolute Gasteiger partial charge is 0.311 e. The maximum absolute atomic E-state index is 5.34. The molecule has 0 saturated heterocycles. The van der Waals surface area contributed by atoms with Crippen molar-refractivity contribution < 1.29 is 0 Å². The monoisotopic (exact) mass is 1900 g/mol. The van der Waals surface area contributed by atoms with Gasteiger partial charge in [-0.05, 0) is 287 Å². The van der Waals surface area contributed by atoms with Crippen LogP contribution in [0.5, 0.6) is 0 Å². The van der Waals surface area contributed by atoms with Crippen LogP contribution in [0.3, 0.4) is 0 Å². The van der Waals surface area contributed by atoms with Gasteiger partial charge in [-0.15, -0.1) is 0 Å². The van der Waals surface area contributed by atoms with Gasteiger partial charge in [0.25, 0.3) is 0 Å². The Morgan fingerprint density at radius 2 is 0.203 bits per heavy atom. The van der Waals surface area contributed by atoms with Gasteiger partial charge in [0, 0.05) is 90.5 Å². The smallest absolute Gasteiger partial charge is 0.0973 e. The maximum Gasteiger partial charge on any atom is 0.0973 e. The topological polar surface area (TPSA) is 64.5 Å². The van der Waals surface area contributed by atoms with E-state index in [-0.39, 0.29) is 0 Å². The van der Waals surface area contributed by atoms with Crippen LogP contribution in [0.2, 0.25) is 0 Å². The van der Waals surface area contributed by atoms with Gasteiger partial charge in [-0.2, -0.15) is 0 Å². The summed E-state index contributed by atoms with van der Waals surface area (Å²) in [4.78, 5) is 30.6. The highest BCUT2D eigenvalue weighted by atomic mass is 15.2. The molecule has 148 heavy (non-hydrogen) atoms. The molecule has 0 unspecified atom stereocenters. The fourth-order valence-electron chi connectivity index (χ4n) is 19.6. The molecule has 24 rings (SSSR count). The average Bonchev–Trinajstić information content (AvgIpc) is 0.773. The molecule has 704 valence electrons. The summed E-state index contributed by atoms with van der Waals surface area (Å²) in [6, 6.07) is 199. The molecule has 22 aromatic carbocycles. The number of benzene rings is 22. The second-order valence-corrected chi connectivity index (χ2v) is 37.7. The van der Waals surface area contributed by atoms with E-state index in [0.29, 0.717) is 0 Å². The summed E-state index contributed by atoms with van der Waals surface area (Å²) < 4.78 is 0. The van der Waals surface area contributed by atoms with Crippen molar-refractivity contribution in [1.29, 1.82) is 0 Å². The first-order valence-electron chi connectivity index (χ1n) is 50.4. The van der Waals surface area contributed by atoms with Gasteiger partial charge in [0.05, 0.1) is 44.8 Å². The van der Waals surface area contributed by atoms with Gasteiger partial charge >= 0.3 is 0 Å². The van der Waals surface area contributed by atoms with Crippen LogP contribution in [0.1, 0.15) is 22.3 Å². The van der Waals surface area contributed by atoms with Crippen LogP contribution in [-0.4, -0.2) is 19.9 Å². The summed E-state index contributed by atoms with van der Waals surface area (Å²) >= 11 is 0. The number of anilines is 12. The Morgan fingerprint density at radius 3 is 0.331 bits per heavy atom. The number of fused-ring (bicyclic) bond motifs is 2. The van der Waals surface area contributed by atoms with Crippen molar-refractivity contribution in [3.8, 4) is 134 Å². The first-order chi connectivity index (χ1) is 72.9. The van der Waals surface area contributed by atoms with Crippen LogP contribution in [0.4, 0.5) is 68.2 Å². The van der Waals surface area contributed by atoms with Crippen molar-refractivity contribution in [2.24, 2.45) is 0 Å². The predicted octanol–water partition coefficient (Wildman–Crippen LogP) is 38.4. The lowest BCUT2D eigenvalue weighted by Crippen LogP contribution is -2.10. The number of rotatable bonds is 24. The van der Waals surface area contributed by atoms with E-state index < -0.39 is 0 Å². The van der Waals surface area contributed by atoms with Crippen LogP contribution >= 0.6 is 0 Å². The minimum absolute atomic E-state index is 0.823. The highest BCUT2D eigenvalue weighted by molar-refractivity contribution is 5.93. The quantitative estimate of drug-likeness (QED) is 0.0593. The molecule has 0 fully saturated rings. The molecule has 0 spiro atoms. The maximum atomic E-state index is 5.34. The summed E-state index contributed by atoms with van der Waals surface area (Å²) in [7, 11) is 0. The molecule has 0 atom stereocenters. The molecule has 8 heteroatoms. The molecule has 0 radical (unpaired) electrons. The first kappa shape index (κ1) is 92.4. The third kappa shape index (κ3) is 20.2. The van der Waals surface area contributed by atoms with E-state index in [9.17, 15) is 0 Å². The van der Waals surface area contributed by atoms with Crippen LogP contribution in [0, 0.1) is 27.7 Å². The lowest BCUT2D eigenvalue weighted by atomic mass is 10.0. The molecule has 0 aliphatic rings. The lowest BCUT2D eigenvalue weighted by Gasteiger charge is -2.26. The second-order valence-electron chi connectivity index (χ2n) is 37.7. The third-order valence-electron chi connectivity index (χ3n) is 27.7. The lowest BCUT2D eigenvalue weighted by molar-refractivity contribution is 1.26. The van der Waals surface area contributed by atoms with Crippen LogP contribution in [0.25, 0.3) is 156 Å². The van der Waals surface area contributed by atoms with Crippen LogP contribution in [0.15, 0.2) is 558 Å². The zero-order valence-electron chi connectivity index (χ0n) is 82.7. The van der Waals surface area contributed by atoms with Gasteiger partial charge in [-0.1, -0.05) is 411 Å². The van der Waals surface area contributed by atoms with Crippen LogP contribution in [-0.2, 0) is 0 Å². The molecular weight excluding hydrogens is 1790 g/mol. The van der Waals surface area contributed by atoms with E-state index in [1.54, 1.807) is 0 Å². The second kappa shape index (κ2) is 42.1. The normalized spacial score (nSPS) is 11.1. The van der Waals surface area contributed by atoms with Gasteiger partial charge in [-0.3, -0.25) is 0 Å². The average molecular weight is 1900 g/mol. The molecule has 24 aromatic rings.